The number of benzene rings is 1. The van der Waals surface area contributed by atoms with Crippen molar-refractivity contribution in [1.29, 1.82) is 0 Å². The first-order valence-corrected chi connectivity index (χ1v) is 12.0. The number of methoxy groups -OCH3 is 1. The van der Waals surface area contributed by atoms with Gasteiger partial charge in [-0.3, -0.25) is 4.79 Å². The number of thiophene rings is 1. The van der Waals surface area contributed by atoms with Gasteiger partial charge in [0.25, 0.3) is 5.91 Å². The SMILES string of the molecule is CCN(Cc1ccc(OCc2cccs2)c(OC)c1)C(=O)c1ccc(-n2nc(C)cc2C)nc1. The third-order valence-electron chi connectivity index (χ3n) is 5.44. The van der Waals surface area contributed by atoms with Crippen LogP contribution in [-0.4, -0.2) is 39.2 Å². The fourth-order valence-electron chi connectivity index (χ4n) is 3.70. The molecular weight excluding hydrogens is 448 g/mol. The molecule has 0 aliphatic carbocycles. The van der Waals surface area contributed by atoms with Crippen molar-refractivity contribution in [3.8, 4) is 17.3 Å². The maximum Gasteiger partial charge on any atom is 0.255 e. The summed E-state index contributed by atoms with van der Waals surface area (Å²) in [5.41, 5.74) is 3.42. The van der Waals surface area contributed by atoms with Crippen LogP contribution in [0.3, 0.4) is 0 Å². The summed E-state index contributed by atoms with van der Waals surface area (Å²) in [6.07, 6.45) is 1.61. The van der Waals surface area contributed by atoms with E-state index in [9.17, 15) is 4.79 Å². The van der Waals surface area contributed by atoms with E-state index in [2.05, 4.69) is 10.1 Å². The molecule has 1 amide bonds. The summed E-state index contributed by atoms with van der Waals surface area (Å²) < 4.78 is 13.2. The monoisotopic (exact) mass is 476 g/mol. The topological polar surface area (TPSA) is 69.5 Å². The van der Waals surface area contributed by atoms with Crippen LogP contribution in [0.2, 0.25) is 0 Å². The number of hydrogen-bond acceptors (Lipinski definition) is 6. The third kappa shape index (κ3) is 5.28. The molecule has 4 aromatic rings. The van der Waals surface area contributed by atoms with Gasteiger partial charge in [0, 0.05) is 29.9 Å². The first-order chi connectivity index (χ1) is 16.5. The van der Waals surface area contributed by atoms with Gasteiger partial charge in [0.2, 0.25) is 0 Å². The Morgan fingerprint density at radius 2 is 1.97 bits per heavy atom. The second kappa shape index (κ2) is 10.5. The average molecular weight is 477 g/mol. The standard InChI is InChI=1S/C26H28N4O3S/c1-5-29(26(31)21-9-11-25(27-15-21)30-19(3)13-18(2)28-30)16-20-8-10-23(24(14-20)32-4)33-17-22-7-6-12-34-22/h6-15H,5,16-17H2,1-4H3. The van der Waals surface area contributed by atoms with Crippen LogP contribution < -0.4 is 9.47 Å². The summed E-state index contributed by atoms with van der Waals surface area (Å²) in [5.74, 6) is 1.94. The number of aromatic nitrogens is 3. The molecule has 7 nitrogen and oxygen atoms in total. The van der Waals surface area contributed by atoms with Crippen LogP contribution in [0.1, 0.15) is 39.1 Å². The van der Waals surface area contributed by atoms with Gasteiger partial charge in [0.1, 0.15) is 6.61 Å². The minimum Gasteiger partial charge on any atom is -0.493 e. The number of rotatable bonds is 9. The van der Waals surface area contributed by atoms with Gasteiger partial charge in [-0.1, -0.05) is 12.1 Å². The van der Waals surface area contributed by atoms with Crippen molar-refractivity contribution < 1.29 is 14.3 Å². The molecule has 0 N–H and O–H groups in total. The van der Waals surface area contributed by atoms with Crippen LogP contribution in [-0.2, 0) is 13.2 Å². The van der Waals surface area contributed by atoms with E-state index in [1.54, 1.807) is 40.3 Å². The van der Waals surface area contributed by atoms with Gasteiger partial charge in [-0.25, -0.2) is 9.67 Å². The van der Waals surface area contributed by atoms with Crippen LogP contribution >= 0.6 is 11.3 Å². The number of carbonyl (C=O) groups excluding carboxylic acids is 1. The van der Waals surface area contributed by atoms with Crippen molar-refractivity contribution >= 4 is 17.2 Å². The lowest BCUT2D eigenvalue weighted by Gasteiger charge is -2.22. The fourth-order valence-corrected chi connectivity index (χ4v) is 4.32. The zero-order valence-corrected chi connectivity index (χ0v) is 20.6. The maximum absolute atomic E-state index is 13.2. The van der Waals surface area contributed by atoms with Crippen LogP contribution in [0.4, 0.5) is 0 Å². The smallest absolute Gasteiger partial charge is 0.255 e. The van der Waals surface area contributed by atoms with Crippen molar-refractivity contribution in [1.82, 2.24) is 19.7 Å². The van der Waals surface area contributed by atoms with Gasteiger partial charge in [0.05, 0.1) is 18.4 Å². The van der Waals surface area contributed by atoms with E-state index < -0.39 is 0 Å². The Hall–Kier alpha value is -3.65. The minimum absolute atomic E-state index is 0.0769. The molecule has 4 rings (SSSR count). The molecule has 0 aliphatic rings. The van der Waals surface area contributed by atoms with Gasteiger partial charge in [-0.2, -0.15) is 5.10 Å². The summed E-state index contributed by atoms with van der Waals surface area (Å²) in [5, 5.41) is 6.48. The summed E-state index contributed by atoms with van der Waals surface area (Å²) in [7, 11) is 1.62. The molecule has 0 radical (unpaired) electrons. The molecule has 0 unspecified atom stereocenters. The van der Waals surface area contributed by atoms with E-state index in [1.807, 2.05) is 68.6 Å². The molecule has 3 aromatic heterocycles. The second-order valence-electron chi connectivity index (χ2n) is 7.92. The Labute approximate surface area is 203 Å². The normalized spacial score (nSPS) is 10.8. The van der Waals surface area contributed by atoms with E-state index in [1.165, 1.54) is 0 Å². The molecule has 0 bridgehead atoms. The van der Waals surface area contributed by atoms with Crippen molar-refractivity contribution in [3.63, 3.8) is 0 Å². The lowest BCUT2D eigenvalue weighted by molar-refractivity contribution is 0.0752. The number of aryl methyl sites for hydroxylation is 2. The van der Waals surface area contributed by atoms with E-state index in [0.717, 1.165) is 21.8 Å². The summed E-state index contributed by atoms with van der Waals surface area (Å²) >= 11 is 1.65. The molecule has 0 saturated carbocycles. The molecular formula is C26H28N4O3S. The van der Waals surface area contributed by atoms with E-state index in [-0.39, 0.29) is 5.91 Å². The van der Waals surface area contributed by atoms with Gasteiger partial charge >= 0.3 is 0 Å². The number of pyridine rings is 1. The predicted octanol–water partition coefficient (Wildman–Crippen LogP) is 5.20. The number of carbonyl (C=O) groups is 1. The van der Waals surface area contributed by atoms with Crippen molar-refractivity contribution in [3.05, 3.63) is 87.5 Å². The van der Waals surface area contributed by atoms with Crippen LogP contribution in [0.15, 0.2) is 60.1 Å². The molecule has 0 saturated heterocycles. The largest absolute Gasteiger partial charge is 0.493 e. The highest BCUT2D eigenvalue weighted by molar-refractivity contribution is 7.09. The van der Waals surface area contributed by atoms with Gasteiger partial charge < -0.3 is 14.4 Å². The first kappa shape index (κ1) is 23.5. The Morgan fingerprint density at radius 1 is 1.12 bits per heavy atom. The molecule has 0 spiro atoms. The van der Waals surface area contributed by atoms with E-state index >= 15 is 0 Å². The van der Waals surface area contributed by atoms with Crippen molar-refractivity contribution in [2.24, 2.45) is 0 Å². The molecule has 34 heavy (non-hydrogen) atoms. The number of amides is 1. The maximum atomic E-state index is 13.2. The summed E-state index contributed by atoms with van der Waals surface area (Å²) in [4.78, 5) is 20.6. The Bertz CT molecular complexity index is 1250. The predicted molar refractivity (Wildman–Crippen MR) is 133 cm³/mol. The lowest BCUT2D eigenvalue weighted by atomic mass is 10.1. The summed E-state index contributed by atoms with van der Waals surface area (Å²) in [6.45, 7) is 7.40. The third-order valence-corrected chi connectivity index (χ3v) is 6.29. The highest BCUT2D eigenvalue weighted by Crippen LogP contribution is 2.30. The molecule has 0 atom stereocenters. The van der Waals surface area contributed by atoms with Crippen LogP contribution in [0, 0.1) is 13.8 Å². The Morgan fingerprint density at radius 3 is 2.59 bits per heavy atom. The molecule has 0 aliphatic heterocycles. The highest BCUT2D eigenvalue weighted by atomic mass is 32.1. The van der Waals surface area contributed by atoms with Gasteiger partial charge in [0.15, 0.2) is 17.3 Å². The second-order valence-corrected chi connectivity index (χ2v) is 8.95. The number of hydrogen-bond donors (Lipinski definition) is 0. The van der Waals surface area contributed by atoms with Gasteiger partial charge in [-0.15, -0.1) is 11.3 Å². The zero-order chi connectivity index (χ0) is 24.1. The Balaban J connectivity index is 1.45. The number of ether oxygens (including phenoxy) is 2. The highest BCUT2D eigenvalue weighted by Gasteiger charge is 2.17. The van der Waals surface area contributed by atoms with Crippen molar-refractivity contribution in [2.45, 2.75) is 33.9 Å². The molecule has 176 valence electrons. The van der Waals surface area contributed by atoms with Crippen LogP contribution in [0.25, 0.3) is 5.82 Å². The molecule has 0 fully saturated rings. The summed E-state index contributed by atoms with van der Waals surface area (Å²) in [6, 6.07) is 15.4. The fraction of sp³-hybridized carbons (Fsp3) is 0.269. The first-order valence-electron chi connectivity index (χ1n) is 11.1. The quantitative estimate of drug-likeness (QED) is 0.332. The molecule has 3 heterocycles. The Kier molecular flexibility index (Phi) is 7.27. The lowest BCUT2D eigenvalue weighted by Crippen LogP contribution is -2.30. The van der Waals surface area contributed by atoms with Crippen molar-refractivity contribution in [2.75, 3.05) is 13.7 Å². The zero-order valence-electron chi connectivity index (χ0n) is 19.8. The average Bonchev–Trinajstić information content (AvgIpc) is 3.50. The van der Waals surface area contributed by atoms with E-state index in [4.69, 9.17) is 9.47 Å². The van der Waals surface area contributed by atoms with E-state index in [0.29, 0.717) is 42.6 Å². The minimum atomic E-state index is -0.0769. The molecule has 1 aromatic carbocycles. The van der Waals surface area contributed by atoms with Crippen LogP contribution in [0.5, 0.6) is 11.5 Å². The van der Waals surface area contributed by atoms with Gasteiger partial charge in [-0.05, 0) is 68.1 Å². The number of nitrogens with zero attached hydrogens (tertiary/aromatic N) is 4. The molecule has 8 heteroatoms.